The van der Waals surface area contributed by atoms with Gasteiger partial charge in [0.1, 0.15) is 11.5 Å². The van der Waals surface area contributed by atoms with E-state index in [0.29, 0.717) is 6.61 Å². The molecule has 0 heterocycles. The zero-order valence-corrected chi connectivity index (χ0v) is 12.9. The molecule has 0 aromatic heterocycles. The Balaban J connectivity index is 3.03. The van der Waals surface area contributed by atoms with Crippen molar-refractivity contribution >= 4 is 11.8 Å². The van der Waals surface area contributed by atoms with Gasteiger partial charge in [0.2, 0.25) is 0 Å². The van der Waals surface area contributed by atoms with Crippen LogP contribution < -0.4 is 15.2 Å². The van der Waals surface area contributed by atoms with Crippen molar-refractivity contribution in [3.8, 4) is 11.5 Å². The van der Waals surface area contributed by atoms with Crippen LogP contribution in [0.5, 0.6) is 11.5 Å². The van der Waals surface area contributed by atoms with Crippen molar-refractivity contribution < 1.29 is 14.2 Å². The monoisotopic (exact) mass is 285 g/mol. The molecule has 0 aliphatic heterocycles. The number of methoxy groups -OCH3 is 3. The first-order valence-corrected chi connectivity index (χ1v) is 7.23. The lowest BCUT2D eigenvalue weighted by Crippen LogP contribution is -2.18. The summed E-state index contributed by atoms with van der Waals surface area (Å²) in [4.78, 5) is 1.06. The SMILES string of the molecule is COCCSc1cc(OC)cc(C[C@@H](C)N)c1OC. The van der Waals surface area contributed by atoms with Crippen molar-refractivity contribution in [2.75, 3.05) is 33.7 Å². The predicted molar refractivity (Wildman–Crippen MR) is 79.5 cm³/mol. The van der Waals surface area contributed by atoms with E-state index in [1.807, 2.05) is 19.1 Å². The van der Waals surface area contributed by atoms with Crippen LogP contribution in [0.25, 0.3) is 0 Å². The van der Waals surface area contributed by atoms with Gasteiger partial charge < -0.3 is 19.9 Å². The second-order valence-corrected chi connectivity index (χ2v) is 5.48. The van der Waals surface area contributed by atoms with Crippen LogP contribution in [0, 0.1) is 0 Å². The molecule has 0 spiro atoms. The van der Waals surface area contributed by atoms with Gasteiger partial charge in [-0.3, -0.25) is 0 Å². The molecule has 0 saturated carbocycles. The number of hydrogen-bond donors (Lipinski definition) is 1. The highest BCUT2D eigenvalue weighted by Crippen LogP contribution is 2.37. The standard InChI is InChI=1S/C14H23NO3S/c1-10(15)7-11-8-12(17-3)9-13(14(11)18-4)19-6-5-16-2/h8-10H,5-7,15H2,1-4H3/t10-/m1/s1. The number of hydrogen-bond acceptors (Lipinski definition) is 5. The van der Waals surface area contributed by atoms with Gasteiger partial charge in [-0.1, -0.05) is 0 Å². The van der Waals surface area contributed by atoms with Gasteiger partial charge >= 0.3 is 0 Å². The Morgan fingerprint density at radius 3 is 2.47 bits per heavy atom. The zero-order valence-electron chi connectivity index (χ0n) is 12.1. The molecule has 0 radical (unpaired) electrons. The number of thioether (sulfide) groups is 1. The maximum absolute atomic E-state index is 5.89. The minimum Gasteiger partial charge on any atom is -0.497 e. The normalized spacial score (nSPS) is 12.3. The molecule has 0 unspecified atom stereocenters. The summed E-state index contributed by atoms with van der Waals surface area (Å²) >= 11 is 1.70. The fraction of sp³-hybridized carbons (Fsp3) is 0.571. The van der Waals surface area contributed by atoms with Crippen LogP contribution in [0.15, 0.2) is 17.0 Å². The van der Waals surface area contributed by atoms with Gasteiger partial charge in [-0.2, -0.15) is 0 Å². The van der Waals surface area contributed by atoms with E-state index in [2.05, 4.69) is 0 Å². The first-order valence-electron chi connectivity index (χ1n) is 6.24. The van der Waals surface area contributed by atoms with Crippen LogP contribution in [0.4, 0.5) is 0 Å². The fourth-order valence-electron chi connectivity index (χ4n) is 1.82. The van der Waals surface area contributed by atoms with Gasteiger partial charge in [-0.05, 0) is 25.5 Å². The summed E-state index contributed by atoms with van der Waals surface area (Å²) in [7, 11) is 5.05. The Morgan fingerprint density at radius 2 is 1.95 bits per heavy atom. The van der Waals surface area contributed by atoms with Crippen molar-refractivity contribution in [3.05, 3.63) is 17.7 Å². The largest absolute Gasteiger partial charge is 0.497 e. The Morgan fingerprint density at radius 1 is 1.21 bits per heavy atom. The molecule has 2 N–H and O–H groups in total. The second kappa shape index (κ2) is 8.30. The van der Waals surface area contributed by atoms with Crippen LogP contribution >= 0.6 is 11.8 Å². The summed E-state index contributed by atoms with van der Waals surface area (Å²) in [6, 6.07) is 4.06. The molecule has 1 rings (SSSR count). The average Bonchev–Trinajstić information content (AvgIpc) is 2.38. The maximum atomic E-state index is 5.89. The van der Waals surface area contributed by atoms with Gasteiger partial charge in [0, 0.05) is 24.5 Å². The van der Waals surface area contributed by atoms with Crippen molar-refractivity contribution in [2.24, 2.45) is 5.73 Å². The van der Waals surface area contributed by atoms with Crippen LogP contribution in [-0.2, 0) is 11.2 Å². The summed E-state index contributed by atoms with van der Waals surface area (Å²) in [5.41, 5.74) is 6.97. The molecule has 1 aromatic carbocycles. The topological polar surface area (TPSA) is 53.7 Å². The molecule has 1 aromatic rings. The molecular formula is C14H23NO3S. The smallest absolute Gasteiger partial charge is 0.135 e. The fourth-order valence-corrected chi connectivity index (χ4v) is 2.84. The lowest BCUT2D eigenvalue weighted by Gasteiger charge is -2.16. The van der Waals surface area contributed by atoms with E-state index in [4.69, 9.17) is 19.9 Å². The van der Waals surface area contributed by atoms with Gasteiger partial charge in [-0.25, -0.2) is 0 Å². The number of nitrogens with two attached hydrogens (primary N) is 1. The van der Waals surface area contributed by atoms with E-state index in [-0.39, 0.29) is 6.04 Å². The molecule has 0 aliphatic carbocycles. The maximum Gasteiger partial charge on any atom is 0.135 e. The van der Waals surface area contributed by atoms with Gasteiger partial charge in [0.25, 0.3) is 0 Å². The third kappa shape index (κ3) is 4.93. The Kier molecular flexibility index (Phi) is 7.05. The van der Waals surface area contributed by atoms with Gasteiger partial charge in [0.05, 0.1) is 25.7 Å². The first kappa shape index (κ1) is 16.1. The molecule has 0 bridgehead atoms. The number of rotatable bonds is 8. The summed E-state index contributed by atoms with van der Waals surface area (Å²) < 4.78 is 16.0. The van der Waals surface area contributed by atoms with E-state index < -0.39 is 0 Å². The highest BCUT2D eigenvalue weighted by Gasteiger charge is 2.14. The van der Waals surface area contributed by atoms with Crippen molar-refractivity contribution in [1.29, 1.82) is 0 Å². The lowest BCUT2D eigenvalue weighted by atomic mass is 10.1. The van der Waals surface area contributed by atoms with E-state index >= 15 is 0 Å². The molecule has 0 aliphatic rings. The van der Waals surface area contributed by atoms with Gasteiger partial charge in [-0.15, -0.1) is 11.8 Å². The van der Waals surface area contributed by atoms with Crippen LogP contribution in [0.2, 0.25) is 0 Å². The summed E-state index contributed by atoms with van der Waals surface area (Å²) in [5, 5.41) is 0. The third-order valence-electron chi connectivity index (χ3n) is 2.63. The average molecular weight is 285 g/mol. The minimum atomic E-state index is 0.0813. The highest BCUT2D eigenvalue weighted by atomic mass is 32.2. The van der Waals surface area contributed by atoms with E-state index in [0.717, 1.165) is 34.1 Å². The van der Waals surface area contributed by atoms with E-state index in [1.54, 1.807) is 33.1 Å². The molecule has 0 amide bonds. The Labute approximate surface area is 119 Å². The van der Waals surface area contributed by atoms with Crippen molar-refractivity contribution in [3.63, 3.8) is 0 Å². The van der Waals surface area contributed by atoms with Gasteiger partial charge in [0.15, 0.2) is 0 Å². The summed E-state index contributed by atoms with van der Waals surface area (Å²) in [6.45, 7) is 2.68. The lowest BCUT2D eigenvalue weighted by molar-refractivity contribution is 0.218. The predicted octanol–water partition coefficient (Wildman–Crippen LogP) is 2.33. The number of benzene rings is 1. The molecule has 1 atom stereocenters. The molecule has 0 fully saturated rings. The molecule has 108 valence electrons. The number of ether oxygens (including phenoxy) is 3. The van der Waals surface area contributed by atoms with Crippen LogP contribution in [-0.4, -0.2) is 39.7 Å². The molecule has 4 nitrogen and oxygen atoms in total. The van der Waals surface area contributed by atoms with E-state index in [1.165, 1.54) is 0 Å². The molecule has 5 heteroatoms. The highest BCUT2D eigenvalue weighted by molar-refractivity contribution is 7.99. The van der Waals surface area contributed by atoms with Crippen LogP contribution in [0.3, 0.4) is 0 Å². The first-order chi connectivity index (χ1) is 9.12. The molecule has 0 saturated heterocycles. The summed E-state index contributed by atoms with van der Waals surface area (Å²) in [6.07, 6.45) is 0.762. The quantitative estimate of drug-likeness (QED) is 0.587. The van der Waals surface area contributed by atoms with E-state index in [9.17, 15) is 0 Å². The third-order valence-corrected chi connectivity index (χ3v) is 3.62. The summed E-state index contributed by atoms with van der Waals surface area (Å²) in [5.74, 6) is 2.59. The Hall–Kier alpha value is -0.910. The van der Waals surface area contributed by atoms with Crippen molar-refractivity contribution in [2.45, 2.75) is 24.3 Å². The minimum absolute atomic E-state index is 0.0813. The molecule has 19 heavy (non-hydrogen) atoms. The second-order valence-electron chi connectivity index (χ2n) is 4.34. The van der Waals surface area contributed by atoms with Crippen molar-refractivity contribution in [1.82, 2.24) is 0 Å². The zero-order chi connectivity index (χ0) is 14.3. The Bertz CT molecular complexity index is 397. The molecular weight excluding hydrogens is 262 g/mol. The van der Waals surface area contributed by atoms with Crippen LogP contribution in [0.1, 0.15) is 12.5 Å².